The Morgan fingerprint density at radius 2 is 1.41 bits per heavy atom. The van der Waals surface area contributed by atoms with Gasteiger partial charge < -0.3 is 19.5 Å². The van der Waals surface area contributed by atoms with Crippen molar-refractivity contribution in [2.45, 2.75) is 45.5 Å². The number of carbonyl (C=O) groups excluding carboxylic acids is 1. The zero-order valence-electron chi connectivity index (χ0n) is 22.0. The van der Waals surface area contributed by atoms with Crippen molar-refractivity contribution < 1.29 is 9.53 Å². The summed E-state index contributed by atoms with van der Waals surface area (Å²) in [5.41, 5.74) is 3.64. The van der Waals surface area contributed by atoms with Crippen molar-refractivity contribution in [2.24, 2.45) is 0 Å². The Morgan fingerprint density at radius 1 is 0.811 bits per heavy atom. The van der Waals surface area contributed by atoms with Crippen LogP contribution in [0.25, 0.3) is 21.8 Å². The first-order valence-corrected chi connectivity index (χ1v) is 13.5. The van der Waals surface area contributed by atoms with Crippen molar-refractivity contribution in [3.63, 3.8) is 0 Å². The SMILES string of the molecule is C[C@@H]1CN(CCCn2c3ccccc3c3ccccc32)C[C@H](C)N1CCNC(=O)OCc1ccccc1. The Hall–Kier alpha value is -3.35. The second-order valence-corrected chi connectivity index (χ2v) is 10.2. The van der Waals surface area contributed by atoms with E-state index in [1.165, 1.54) is 21.8 Å². The van der Waals surface area contributed by atoms with Gasteiger partial charge in [0.2, 0.25) is 0 Å². The van der Waals surface area contributed by atoms with Crippen LogP contribution in [-0.2, 0) is 17.9 Å². The summed E-state index contributed by atoms with van der Waals surface area (Å²) in [6, 6.07) is 28.1. The van der Waals surface area contributed by atoms with Gasteiger partial charge >= 0.3 is 6.09 Å². The van der Waals surface area contributed by atoms with Crippen molar-refractivity contribution >= 4 is 27.9 Å². The lowest BCUT2D eigenvalue weighted by atomic mass is 10.1. The fraction of sp³-hybridized carbons (Fsp3) is 0.387. The van der Waals surface area contributed by atoms with Crippen LogP contribution < -0.4 is 5.32 Å². The zero-order chi connectivity index (χ0) is 25.6. The van der Waals surface area contributed by atoms with Crippen LogP contribution in [0, 0.1) is 0 Å². The van der Waals surface area contributed by atoms with Crippen molar-refractivity contribution in [2.75, 3.05) is 32.7 Å². The molecule has 6 nitrogen and oxygen atoms in total. The topological polar surface area (TPSA) is 49.7 Å². The number of fused-ring (bicyclic) bond motifs is 3. The van der Waals surface area contributed by atoms with Gasteiger partial charge in [0.05, 0.1) is 0 Å². The van der Waals surface area contributed by atoms with Crippen LogP contribution in [0.15, 0.2) is 78.9 Å². The highest BCUT2D eigenvalue weighted by molar-refractivity contribution is 6.07. The highest BCUT2D eigenvalue weighted by Gasteiger charge is 2.28. The smallest absolute Gasteiger partial charge is 0.407 e. The minimum Gasteiger partial charge on any atom is -0.445 e. The van der Waals surface area contributed by atoms with E-state index in [9.17, 15) is 4.79 Å². The van der Waals surface area contributed by atoms with Crippen molar-refractivity contribution in [1.82, 2.24) is 19.7 Å². The van der Waals surface area contributed by atoms with Gasteiger partial charge in [0.1, 0.15) is 6.61 Å². The van der Waals surface area contributed by atoms with E-state index in [2.05, 4.69) is 82.1 Å². The summed E-state index contributed by atoms with van der Waals surface area (Å²) in [5.74, 6) is 0. The Labute approximate surface area is 219 Å². The van der Waals surface area contributed by atoms with Crippen LogP contribution in [0.3, 0.4) is 0 Å². The summed E-state index contributed by atoms with van der Waals surface area (Å²) < 4.78 is 7.82. The first-order valence-electron chi connectivity index (χ1n) is 13.5. The van der Waals surface area contributed by atoms with Gasteiger partial charge in [-0.25, -0.2) is 4.79 Å². The number of alkyl carbamates (subject to hydrolysis) is 1. The third kappa shape index (κ3) is 5.97. The van der Waals surface area contributed by atoms with Gasteiger partial charge in [-0.3, -0.25) is 4.90 Å². The van der Waals surface area contributed by atoms with E-state index in [-0.39, 0.29) is 6.09 Å². The summed E-state index contributed by atoms with van der Waals surface area (Å²) in [6.45, 7) is 10.5. The zero-order valence-corrected chi connectivity index (χ0v) is 22.0. The van der Waals surface area contributed by atoms with Gasteiger partial charge in [-0.1, -0.05) is 66.7 Å². The van der Waals surface area contributed by atoms with Crippen LogP contribution in [0.5, 0.6) is 0 Å². The molecule has 37 heavy (non-hydrogen) atoms. The van der Waals surface area contributed by atoms with Gasteiger partial charge in [-0.2, -0.15) is 0 Å². The standard InChI is InChI=1S/C31H38N4O2/c1-24-21-33(18-10-19-35-29-15-8-6-13-27(29)28-14-7-9-16-30(28)35)22-25(2)34(24)20-17-32-31(36)37-23-26-11-4-3-5-12-26/h3-9,11-16,24-25H,10,17-23H2,1-2H3,(H,32,36)/t24-,25+. The number of carbonyl (C=O) groups is 1. The van der Waals surface area contributed by atoms with E-state index in [1.54, 1.807) is 0 Å². The number of aryl methyl sites for hydroxylation is 1. The predicted octanol–water partition coefficient (Wildman–Crippen LogP) is 5.51. The molecule has 0 saturated carbocycles. The van der Waals surface area contributed by atoms with Crippen molar-refractivity contribution in [3.8, 4) is 0 Å². The Kier molecular flexibility index (Phi) is 8.07. The summed E-state index contributed by atoms with van der Waals surface area (Å²) in [5, 5.41) is 5.59. The first-order chi connectivity index (χ1) is 18.1. The highest BCUT2D eigenvalue weighted by Crippen LogP contribution is 2.29. The molecule has 2 heterocycles. The maximum Gasteiger partial charge on any atom is 0.407 e. The fourth-order valence-corrected chi connectivity index (χ4v) is 5.85. The molecule has 5 rings (SSSR count). The number of rotatable bonds is 9. The van der Waals surface area contributed by atoms with E-state index in [1.807, 2.05) is 30.3 Å². The third-order valence-corrected chi connectivity index (χ3v) is 7.57. The first kappa shape index (κ1) is 25.3. The number of hydrogen-bond acceptors (Lipinski definition) is 4. The molecule has 0 bridgehead atoms. The van der Waals surface area contributed by atoms with Gasteiger partial charge in [0.25, 0.3) is 0 Å². The second-order valence-electron chi connectivity index (χ2n) is 10.2. The van der Waals surface area contributed by atoms with Gasteiger partial charge in [-0.05, 0) is 44.5 Å². The lowest BCUT2D eigenvalue weighted by molar-refractivity contribution is 0.0384. The van der Waals surface area contributed by atoms with Crippen molar-refractivity contribution in [3.05, 3.63) is 84.4 Å². The average molecular weight is 499 g/mol. The molecule has 1 saturated heterocycles. The third-order valence-electron chi connectivity index (χ3n) is 7.57. The molecule has 1 amide bonds. The number of para-hydroxylation sites is 2. The van der Waals surface area contributed by atoms with Gasteiger partial charge in [-0.15, -0.1) is 0 Å². The maximum absolute atomic E-state index is 12.1. The second kappa shape index (κ2) is 11.8. The average Bonchev–Trinajstić information content (AvgIpc) is 3.23. The van der Waals surface area contributed by atoms with E-state index in [4.69, 9.17) is 4.74 Å². The number of benzene rings is 3. The fourth-order valence-electron chi connectivity index (χ4n) is 5.85. The van der Waals surface area contributed by atoms with E-state index in [0.717, 1.165) is 44.7 Å². The minimum atomic E-state index is -0.354. The largest absolute Gasteiger partial charge is 0.445 e. The number of hydrogen-bond donors (Lipinski definition) is 1. The molecule has 0 aliphatic carbocycles. The van der Waals surface area contributed by atoms with Crippen LogP contribution in [-0.4, -0.2) is 65.3 Å². The van der Waals surface area contributed by atoms with Crippen LogP contribution in [0.2, 0.25) is 0 Å². The molecule has 4 aromatic rings. The van der Waals surface area contributed by atoms with E-state index < -0.39 is 0 Å². The summed E-state index contributed by atoms with van der Waals surface area (Å²) in [6.07, 6.45) is 0.768. The summed E-state index contributed by atoms with van der Waals surface area (Å²) in [4.78, 5) is 17.2. The Morgan fingerprint density at radius 3 is 2.05 bits per heavy atom. The molecule has 1 N–H and O–H groups in total. The van der Waals surface area contributed by atoms with Crippen LogP contribution in [0.1, 0.15) is 25.8 Å². The van der Waals surface area contributed by atoms with E-state index in [0.29, 0.717) is 25.2 Å². The predicted molar refractivity (Wildman–Crippen MR) is 151 cm³/mol. The number of aromatic nitrogens is 1. The summed E-state index contributed by atoms with van der Waals surface area (Å²) >= 11 is 0. The van der Waals surface area contributed by atoms with Crippen LogP contribution >= 0.6 is 0 Å². The lowest BCUT2D eigenvalue weighted by Crippen LogP contribution is -2.58. The highest BCUT2D eigenvalue weighted by atomic mass is 16.5. The molecule has 194 valence electrons. The lowest BCUT2D eigenvalue weighted by Gasteiger charge is -2.44. The Bertz CT molecular complexity index is 1250. The number of nitrogens with zero attached hydrogens (tertiary/aromatic N) is 3. The van der Waals surface area contributed by atoms with Gasteiger partial charge in [0.15, 0.2) is 0 Å². The van der Waals surface area contributed by atoms with Gasteiger partial charge in [0, 0.05) is 66.6 Å². The van der Waals surface area contributed by atoms with Crippen molar-refractivity contribution in [1.29, 1.82) is 0 Å². The quantitative estimate of drug-likeness (QED) is 0.331. The number of amides is 1. The summed E-state index contributed by atoms with van der Waals surface area (Å²) in [7, 11) is 0. The molecule has 1 aliphatic rings. The molecule has 1 fully saturated rings. The number of ether oxygens (including phenoxy) is 1. The Balaban J connectivity index is 1.08. The molecule has 1 aromatic heterocycles. The molecule has 6 heteroatoms. The number of piperazine rings is 1. The van der Waals surface area contributed by atoms with E-state index >= 15 is 0 Å². The monoisotopic (exact) mass is 498 g/mol. The van der Waals surface area contributed by atoms with Crippen LogP contribution in [0.4, 0.5) is 4.79 Å². The maximum atomic E-state index is 12.1. The molecule has 3 aromatic carbocycles. The molecule has 1 aliphatic heterocycles. The molecular weight excluding hydrogens is 460 g/mol. The molecule has 0 unspecified atom stereocenters. The molecule has 2 atom stereocenters. The molecular formula is C31H38N4O2. The molecule has 0 radical (unpaired) electrons. The number of nitrogens with one attached hydrogen (secondary N) is 1. The minimum absolute atomic E-state index is 0.298. The molecule has 0 spiro atoms. The normalized spacial score (nSPS) is 18.9.